The van der Waals surface area contributed by atoms with E-state index in [4.69, 9.17) is 0 Å². The van der Waals surface area contributed by atoms with Crippen molar-refractivity contribution in [1.82, 2.24) is 4.31 Å². The van der Waals surface area contributed by atoms with Gasteiger partial charge in [0.15, 0.2) is 0 Å². The Morgan fingerprint density at radius 1 is 1.04 bits per heavy atom. The molecule has 0 aliphatic carbocycles. The Hall–Kier alpha value is -1.48. The molecule has 0 aromatic heterocycles. The molecule has 1 aliphatic rings. The van der Waals surface area contributed by atoms with Crippen LogP contribution >= 0.6 is 23.5 Å². The zero-order valence-electron chi connectivity index (χ0n) is 16.1. The molecular formula is C20H24N2O3S3. The molecule has 0 unspecified atom stereocenters. The van der Waals surface area contributed by atoms with E-state index in [1.807, 2.05) is 61.6 Å². The van der Waals surface area contributed by atoms with E-state index in [1.165, 1.54) is 22.0 Å². The largest absolute Gasteiger partial charge is 0.322 e. The van der Waals surface area contributed by atoms with Gasteiger partial charge in [-0.3, -0.25) is 4.79 Å². The monoisotopic (exact) mass is 436 g/mol. The van der Waals surface area contributed by atoms with E-state index >= 15 is 0 Å². The van der Waals surface area contributed by atoms with Crippen LogP contribution in [0.25, 0.3) is 0 Å². The Morgan fingerprint density at radius 2 is 1.61 bits per heavy atom. The van der Waals surface area contributed by atoms with Crippen LogP contribution in [0.15, 0.2) is 53.4 Å². The van der Waals surface area contributed by atoms with Crippen LogP contribution in [-0.2, 0) is 10.0 Å². The van der Waals surface area contributed by atoms with E-state index < -0.39 is 10.0 Å². The number of thioether (sulfide) groups is 2. The molecule has 0 radical (unpaired) electrons. The molecule has 0 spiro atoms. The summed E-state index contributed by atoms with van der Waals surface area (Å²) in [6.07, 6.45) is 0. The maximum atomic E-state index is 12.5. The Balaban J connectivity index is 1.67. The quantitative estimate of drug-likeness (QED) is 0.725. The van der Waals surface area contributed by atoms with Crippen LogP contribution in [0.3, 0.4) is 0 Å². The van der Waals surface area contributed by atoms with Gasteiger partial charge in [0.1, 0.15) is 0 Å². The number of carbonyl (C=O) groups is 1. The summed E-state index contributed by atoms with van der Waals surface area (Å²) in [7, 11) is -1.97. The van der Waals surface area contributed by atoms with E-state index in [9.17, 15) is 13.2 Å². The average Bonchev–Trinajstić information content (AvgIpc) is 3.22. The maximum absolute atomic E-state index is 12.5. The van der Waals surface area contributed by atoms with Crippen LogP contribution in [0.5, 0.6) is 0 Å². The number of hydrogen-bond donors (Lipinski definition) is 1. The molecular weight excluding hydrogens is 412 g/mol. The summed E-state index contributed by atoms with van der Waals surface area (Å²) in [4.78, 5) is 12.7. The molecule has 1 fully saturated rings. The van der Waals surface area contributed by atoms with Gasteiger partial charge >= 0.3 is 0 Å². The molecule has 0 atom stereocenters. The van der Waals surface area contributed by atoms with Crippen molar-refractivity contribution in [2.45, 2.75) is 29.4 Å². The van der Waals surface area contributed by atoms with Crippen molar-refractivity contribution in [3.63, 3.8) is 0 Å². The number of hydrogen-bond acceptors (Lipinski definition) is 5. The summed E-state index contributed by atoms with van der Waals surface area (Å²) in [5, 5.41) is 2.82. The number of sulfonamides is 1. The van der Waals surface area contributed by atoms with E-state index in [2.05, 4.69) is 5.32 Å². The molecule has 0 saturated carbocycles. The number of carbonyl (C=O) groups excluding carboxylic acids is 1. The lowest BCUT2D eigenvalue weighted by atomic mass is 10.1. The topological polar surface area (TPSA) is 66.5 Å². The standard InChI is InChI=1S/C20H24N2O3S3/c1-14(2)22(3)28(24,25)18-10-8-17(9-11-18)21-19(23)15-4-6-16(7-5-15)20-26-12-13-27-20/h4-11,14,20H,12-13H2,1-3H3,(H,21,23). The molecule has 1 saturated heterocycles. The molecule has 1 amide bonds. The Morgan fingerprint density at radius 3 is 2.14 bits per heavy atom. The smallest absolute Gasteiger partial charge is 0.255 e. The molecule has 28 heavy (non-hydrogen) atoms. The van der Waals surface area contributed by atoms with Gasteiger partial charge in [0.2, 0.25) is 10.0 Å². The SMILES string of the molecule is CC(C)N(C)S(=O)(=O)c1ccc(NC(=O)c2ccc(C3SCCS3)cc2)cc1. The third kappa shape index (κ3) is 4.74. The fourth-order valence-electron chi connectivity index (χ4n) is 2.70. The van der Waals surface area contributed by atoms with Crippen LogP contribution in [0.4, 0.5) is 5.69 Å². The Labute approximate surface area is 175 Å². The highest BCUT2D eigenvalue weighted by atomic mass is 32.2. The lowest BCUT2D eigenvalue weighted by Crippen LogP contribution is -2.33. The molecule has 150 valence electrons. The van der Waals surface area contributed by atoms with Crippen LogP contribution in [0, 0.1) is 0 Å². The van der Waals surface area contributed by atoms with Crippen LogP contribution < -0.4 is 5.32 Å². The van der Waals surface area contributed by atoms with Gasteiger partial charge in [-0.25, -0.2) is 8.42 Å². The van der Waals surface area contributed by atoms with Crippen LogP contribution in [0.2, 0.25) is 0 Å². The number of nitrogens with one attached hydrogen (secondary N) is 1. The average molecular weight is 437 g/mol. The molecule has 1 aliphatic heterocycles. The molecule has 3 rings (SSSR count). The molecule has 2 aromatic rings. The van der Waals surface area contributed by atoms with Crippen LogP contribution in [-0.4, -0.2) is 43.2 Å². The van der Waals surface area contributed by atoms with E-state index in [0.717, 1.165) is 11.5 Å². The van der Waals surface area contributed by atoms with Gasteiger partial charge < -0.3 is 5.32 Å². The fraction of sp³-hybridized carbons (Fsp3) is 0.350. The first kappa shape index (κ1) is 21.2. The summed E-state index contributed by atoms with van der Waals surface area (Å²) < 4.78 is 26.8. The van der Waals surface area contributed by atoms with Crippen molar-refractivity contribution in [3.8, 4) is 0 Å². The normalized spacial score (nSPS) is 15.3. The Bertz CT molecular complexity index is 920. The van der Waals surface area contributed by atoms with Gasteiger partial charge in [0.25, 0.3) is 5.91 Å². The lowest BCUT2D eigenvalue weighted by Gasteiger charge is -2.21. The number of benzene rings is 2. The predicted molar refractivity (Wildman–Crippen MR) is 119 cm³/mol. The van der Waals surface area contributed by atoms with Crippen molar-refractivity contribution in [3.05, 3.63) is 59.7 Å². The predicted octanol–water partition coefficient (Wildman–Crippen LogP) is 4.45. The van der Waals surface area contributed by atoms with Crippen molar-refractivity contribution in [2.75, 3.05) is 23.9 Å². The summed E-state index contributed by atoms with van der Waals surface area (Å²) >= 11 is 3.86. The number of rotatable bonds is 6. The minimum absolute atomic E-state index is 0.131. The molecule has 0 bridgehead atoms. The fourth-order valence-corrected chi connectivity index (χ4v) is 6.93. The van der Waals surface area contributed by atoms with E-state index in [1.54, 1.807) is 19.2 Å². The van der Waals surface area contributed by atoms with Gasteiger partial charge in [-0.15, -0.1) is 23.5 Å². The minimum Gasteiger partial charge on any atom is -0.322 e. The van der Waals surface area contributed by atoms with Crippen molar-refractivity contribution in [1.29, 1.82) is 0 Å². The van der Waals surface area contributed by atoms with Crippen LogP contribution in [0.1, 0.15) is 34.4 Å². The van der Waals surface area contributed by atoms with Gasteiger partial charge in [-0.2, -0.15) is 4.31 Å². The summed E-state index contributed by atoms with van der Waals surface area (Å²) in [5.74, 6) is 2.11. The molecule has 8 heteroatoms. The molecule has 1 N–H and O–H groups in total. The number of amides is 1. The number of anilines is 1. The van der Waals surface area contributed by atoms with Crippen molar-refractivity contribution in [2.24, 2.45) is 0 Å². The lowest BCUT2D eigenvalue weighted by molar-refractivity contribution is 0.102. The van der Waals surface area contributed by atoms with Gasteiger partial charge in [-0.1, -0.05) is 12.1 Å². The van der Waals surface area contributed by atoms with E-state index in [-0.39, 0.29) is 16.8 Å². The first-order valence-corrected chi connectivity index (χ1v) is 12.6. The maximum Gasteiger partial charge on any atom is 0.255 e. The first-order chi connectivity index (χ1) is 13.3. The second kappa shape index (κ2) is 8.90. The summed E-state index contributed by atoms with van der Waals surface area (Å²) in [5.41, 5.74) is 2.36. The number of nitrogens with zero attached hydrogens (tertiary/aromatic N) is 1. The summed E-state index contributed by atoms with van der Waals surface area (Å²) in [6.45, 7) is 3.64. The first-order valence-electron chi connectivity index (χ1n) is 9.01. The molecule has 2 aromatic carbocycles. The third-order valence-corrected chi connectivity index (χ3v) is 9.74. The second-order valence-electron chi connectivity index (χ2n) is 6.79. The highest BCUT2D eigenvalue weighted by Crippen LogP contribution is 2.45. The zero-order chi connectivity index (χ0) is 20.3. The Kier molecular flexibility index (Phi) is 6.75. The van der Waals surface area contributed by atoms with E-state index in [0.29, 0.717) is 15.8 Å². The highest BCUT2D eigenvalue weighted by Gasteiger charge is 2.23. The second-order valence-corrected chi connectivity index (χ2v) is 11.5. The molecule has 5 nitrogen and oxygen atoms in total. The minimum atomic E-state index is -3.53. The zero-order valence-corrected chi connectivity index (χ0v) is 18.5. The van der Waals surface area contributed by atoms with Crippen molar-refractivity contribution >= 4 is 45.1 Å². The van der Waals surface area contributed by atoms with Gasteiger partial charge in [0.05, 0.1) is 9.48 Å². The third-order valence-electron chi connectivity index (χ3n) is 4.58. The van der Waals surface area contributed by atoms with Gasteiger partial charge in [0, 0.05) is 35.8 Å². The van der Waals surface area contributed by atoms with Crippen molar-refractivity contribution < 1.29 is 13.2 Å². The van der Waals surface area contributed by atoms with Gasteiger partial charge in [-0.05, 0) is 55.8 Å². The summed E-state index contributed by atoms with van der Waals surface area (Å²) in [6, 6.07) is 13.8. The highest BCUT2D eigenvalue weighted by molar-refractivity contribution is 8.19. The molecule has 1 heterocycles.